The summed E-state index contributed by atoms with van der Waals surface area (Å²) in [6, 6.07) is 25.1. The quantitative estimate of drug-likeness (QED) is 0.128. The Labute approximate surface area is 284 Å². The number of rotatable bonds is 5. The predicted octanol–water partition coefficient (Wildman–Crippen LogP) is 10.2. The van der Waals surface area contributed by atoms with E-state index in [2.05, 4.69) is 39.4 Å². The maximum atomic E-state index is 14.4. The van der Waals surface area contributed by atoms with Crippen LogP contribution >= 0.6 is 0 Å². The molecule has 3 heterocycles. The van der Waals surface area contributed by atoms with E-state index in [1.54, 1.807) is 18.3 Å². The molecule has 0 aliphatic carbocycles. The molecule has 0 unspecified atom stereocenters. The molecule has 0 amide bonds. The molecular formula is C38H39FGeIrN2O-2. The van der Waals surface area contributed by atoms with Gasteiger partial charge in [0.05, 0.1) is 5.58 Å². The van der Waals surface area contributed by atoms with Crippen molar-refractivity contribution in [2.24, 2.45) is 0 Å². The summed E-state index contributed by atoms with van der Waals surface area (Å²) in [6.45, 7) is 5.30. The third kappa shape index (κ3) is 7.22. The summed E-state index contributed by atoms with van der Waals surface area (Å²) in [6.07, 6.45) is 3.57. The van der Waals surface area contributed by atoms with Gasteiger partial charge in [-0.15, -0.1) is 12.1 Å². The van der Waals surface area contributed by atoms with Gasteiger partial charge >= 0.3 is 131 Å². The largest absolute Gasteiger partial charge is 0 e. The summed E-state index contributed by atoms with van der Waals surface area (Å²) >= 11 is -2.14. The number of pyridine rings is 2. The van der Waals surface area contributed by atoms with Crippen LogP contribution in [0.5, 0.6) is 0 Å². The number of halogens is 1. The van der Waals surface area contributed by atoms with Crippen LogP contribution in [-0.2, 0) is 20.1 Å². The first-order valence-corrected chi connectivity index (χ1v) is 21.6. The summed E-state index contributed by atoms with van der Waals surface area (Å²) in [5, 5.41) is 1.17. The van der Waals surface area contributed by atoms with Gasteiger partial charge in [-0.25, -0.2) is 0 Å². The molecule has 0 aliphatic rings. The SMILES string of the molecule is [2H]C(C)(C)c1ccnc(-c2[c-]cc(F)c3c2oc2ccccc23)c1.[2H]C([2H])([2H])c1c[c-]c(-c2cc(C([2H])(C)C)[c]([Ge]([CH3])([CH3])[CH3])cn2)cc1.[Ir]. The number of benzene rings is 3. The van der Waals surface area contributed by atoms with E-state index < -0.39 is 31.9 Å². The summed E-state index contributed by atoms with van der Waals surface area (Å²) in [4.78, 5) is 8.95. The number of nitrogens with zero attached hydrogens (tertiary/aromatic N) is 2. The molecule has 0 saturated carbocycles. The molecule has 6 heteroatoms. The molecule has 3 aromatic carbocycles. The molecule has 6 aromatic rings. The third-order valence-electron chi connectivity index (χ3n) is 7.34. The van der Waals surface area contributed by atoms with Crippen LogP contribution in [0.4, 0.5) is 4.39 Å². The zero-order valence-electron chi connectivity index (χ0n) is 31.0. The zero-order valence-corrected chi connectivity index (χ0v) is 30.5. The number of hydrogen-bond donors (Lipinski definition) is 0. The molecule has 0 atom stereocenters. The van der Waals surface area contributed by atoms with Gasteiger partial charge in [0, 0.05) is 38.9 Å². The van der Waals surface area contributed by atoms with Gasteiger partial charge in [-0.05, 0) is 29.1 Å². The normalized spacial score (nSPS) is 14.0. The van der Waals surface area contributed by atoms with Gasteiger partial charge in [0.2, 0.25) is 0 Å². The maximum Gasteiger partial charge on any atom is 0 e. The van der Waals surface area contributed by atoms with E-state index in [0.717, 1.165) is 27.8 Å². The Kier molecular flexibility index (Phi) is 8.59. The molecule has 0 fully saturated rings. The van der Waals surface area contributed by atoms with Gasteiger partial charge in [-0.3, -0.25) is 4.39 Å². The fourth-order valence-corrected chi connectivity index (χ4v) is 8.32. The van der Waals surface area contributed by atoms with Crippen molar-refractivity contribution in [2.45, 2.75) is 63.6 Å². The molecule has 3 nitrogen and oxygen atoms in total. The van der Waals surface area contributed by atoms with E-state index in [0.29, 0.717) is 27.8 Å². The topological polar surface area (TPSA) is 38.9 Å². The monoisotopic (exact) mass is 830 g/mol. The molecule has 1 radical (unpaired) electrons. The van der Waals surface area contributed by atoms with Gasteiger partial charge in [-0.1, -0.05) is 49.2 Å². The van der Waals surface area contributed by atoms with E-state index in [4.69, 9.17) is 11.3 Å². The van der Waals surface area contributed by atoms with Crippen molar-refractivity contribution in [2.75, 3.05) is 0 Å². The summed E-state index contributed by atoms with van der Waals surface area (Å²) in [5.41, 5.74) is 5.88. The fraction of sp³-hybridized carbons (Fsp3) is 0.263. The molecule has 0 N–H and O–H groups in total. The molecule has 3 aromatic heterocycles. The average Bonchev–Trinajstić information content (AvgIpc) is 3.40. The number of aryl methyl sites for hydroxylation is 1. The van der Waals surface area contributed by atoms with Gasteiger partial charge in [-0.2, -0.15) is 0 Å². The van der Waals surface area contributed by atoms with Crippen LogP contribution in [0.2, 0.25) is 17.3 Å². The van der Waals surface area contributed by atoms with Crippen molar-refractivity contribution in [3.8, 4) is 22.5 Å². The second kappa shape index (κ2) is 13.9. The second-order valence-corrected chi connectivity index (χ2v) is 22.7. The molecule has 0 spiro atoms. The predicted molar refractivity (Wildman–Crippen MR) is 180 cm³/mol. The molecule has 0 saturated heterocycles. The zero-order chi connectivity index (χ0) is 35.2. The van der Waals surface area contributed by atoms with Gasteiger partial charge < -0.3 is 9.40 Å². The fourth-order valence-electron chi connectivity index (χ4n) is 5.00. The Morgan fingerprint density at radius 2 is 1.68 bits per heavy atom. The number of furan rings is 1. The van der Waals surface area contributed by atoms with E-state index >= 15 is 0 Å². The van der Waals surface area contributed by atoms with Crippen LogP contribution in [0.3, 0.4) is 0 Å². The molecule has 0 bridgehead atoms. The maximum absolute atomic E-state index is 14.4. The van der Waals surface area contributed by atoms with Crippen LogP contribution in [0.1, 0.15) is 63.0 Å². The molecule has 0 aliphatic heterocycles. The first kappa shape index (κ1) is 27.2. The van der Waals surface area contributed by atoms with Crippen molar-refractivity contribution >= 4 is 39.6 Å². The van der Waals surface area contributed by atoms with Crippen LogP contribution in [0.25, 0.3) is 44.5 Å². The minimum Gasteiger partial charge on any atom is 0 e. The molecule has 6 rings (SSSR count). The van der Waals surface area contributed by atoms with Crippen LogP contribution in [0, 0.1) is 24.8 Å². The molecule has 229 valence electrons. The van der Waals surface area contributed by atoms with E-state index in [-0.39, 0.29) is 31.5 Å². The van der Waals surface area contributed by atoms with E-state index in [9.17, 15) is 4.39 Å². The van der Waals surface area contributed by atoms with Gasteiger partial charge in [0.25, 0.3) is 0 Å². The summed E-state index contributed by atoms with van der Waals surface area (Å²) < 4.78 is 60.5. The van der Waals surface area contributed by atoms with E-state index in [1.807, 2.05) is 76.4 Å². The molecule has 44 heavy (non-hydrogen) atoms. The van der Waals surface area contributed by atoms with Crippen LogP contribution in [0.15, 0.2) is 83.5 Å². The van der Waals surface area contributed by atoms with Crippen molar-refractivity contribution in [1.82, 2.24) is 9.97 Å². The van der Waals surface area contributed by atoms with E-state index in [1.165, 1.54) is 16.5 Å². The Morgan fingerprint density at radius 3 is 2.34 bits per heavy atom. The molecular weight excluding hydrogens is 784 g/mol. The second-order valence-electron chi connectivity index (χ2n) is 12.1. The average molecular weight is 829 g/mol. The van der Waals surface area contributed by atoms with Crippen LogP contribution < -0.4 is 4.40 Å². The number of fused-ring (bicyclic) bond motifs is 3. The first-order chi connectivity index (χ1) is 22.2. The van der Waals surface area contributed by atoms with Gasteiger partial charge in [0.1, 0.15) is 5.58 Å². The number of para-hydroxylation sites is 1. The van der Waals surface area contributed by atoms with Crippen molar-refractivity contribution in [3.05, 3.63) is 114 Å². The Morgan fingerprint density at radius 1 is 0.909 bits per heavy atom. The Bertz CT molecular complexity index is 2090. The first-order valence-electron chi connectivity index (χ1n) is 16.8. The number of aromatic nitrogens is 2. The number of hydrogen-bond acceptors (Lipinski definition) is 3. The summed E-state index contributed by atoms with van der Waals surface area (Å²) in [7, 11) is 0. The Balaban J connectivity index is 0.000000216. The smallest absolute Gasteiger partial charge is 0 e. The third-order valence-corrected chi connectivity index (χ3v) is 11.6. The minimum absolute atomic E-state index is 0. The standard InChI is InChI=1S/C20H15FNO.C18H24GeN.Ir/c1-12(2)13-9-10-22-17(11-13)14-7-8-16(21)19-15-5-3-4-6-18(15)23-20(14)19;1-13(2)16-11-18(15-9-7-14(3)8-10-15)20-12-17(16)19(4,5)6;/h3-6,8-12H,1-2H3;7-9,11-13H,1-6H3;/q2*-1;/i12D;3D3,13D;. The Hall–Kier alpha value is -3.12. The minimum atomic E-state index is -2.14. The van der Waals surface area contributed by atoms with Crippen molar-refractivity contribution < 1.29 is 35.8 Å². The van der Waals surface area contributed by atoms with Crippen molar-refractivity contribution in [1.29, 1.82) is 0 Å². The van der Waals surface area contributed by atoms with Crippen LogP contribution in [-0.4, -0.2) is 23.2 Å². The van der Waals surface area contributed by atoms with Crippen molar-refractivity contribution in [3.63, 3.8) is 0 Å². The summed E-state index contributed by atoms with van der Waals surface area (Å²) in [5.74, 6) is 5.07. The van der Waals surface area contributed by atoms with Gasteiger partial charge in [0.15, 0.2) is 0 Å².